The van der Waals surface area contributed by atoms with Crippen LogP contribution in [0, 0.1) is 10.4 Å². The third-order valence-electron chi connectivity index (χ3n) is 6.93. The number of benzene rings is 4. The number of Topliss-reactive ketones (excluding diaryl/α,β-unsaturated/α-hetero) is 2. The van der Waals surface area contributed by atoms with E-state index in [9.17, 15) is 9.59 Å². The van der Waals surface area contributed by atoms with E-state index in [1.54, 1.807) is 6.21 Å². The van der Waals surface area contributed by atoms with Gasteiger partial charge in [-0.3, -0.25) is 14.6 Å². The normalized spacial score (nSPS) is 16.4. The summed E-state index contributed by atoms with van der Waals surface area (Å²) in [7, 11) is 0. The van der Waals surface area contributed by atoms with Crippen molar-refractivity contribution in [1.82, 2.24) is 0 Å². The Hall–Kier alpha value is -4.54. The van der Waals surface area contributed by atoms with Crippen molar-refractivity contribution in [2.45, 2.75) is 12.3 Å². The Kier molecular flexibility index (Phi) is 6.32. The number of rotatable bonds is 1. The lowest BCUT2D eigenvalue weighted by Gasteiger charge is -2.23. The van der Waals surface area contributed by atoms with E-state index in [1.807, 2.05) is 79.0 Å². The lowest BCUT2D eigenvalue weighted by molar-refractivity contribution is -0.112. The maximum atomic E-state index is 12.9. The predicted molar refractivity (Wildman–Crippen MR) is 153 cm³/mol. The summed E-state index contributed by atoms with van der Waals surface area (Å²) in [5.41, 5.74) is 4.70. The summed E-state index contributed by atoms with van der Waals surface area (Å²) in [4.78, 5) is 29.2. The summed E-state index contributed by atoms with van der Waals surface area (Å²) in [5, 5.41) is 7.13. The summed E-state index contributed by atoms with van der Waals surface area (Å²) in [6, 6.07) is 30.1. The molecule has 2 aliphatic carbocycles. The van der Waals surface area contributed by atoms with Crippen LogP contribution in [0.2, 0.25) is 0 Å². The molecule has 4 aromatic rings. The number of hydrogen-bond acceptors (Lipinski definition) is 4. The molecule has 184 valence electrons. The van der Waals surface area contributed by atoms with Gasteiger partial charge in [-0.05, 0) is 45.0 Å². The zero-order valence-corrected chi connectivity index (χ0v) is 21.2. The van der Waals surface area contributed by atoms with Gasteiger partial charge in [0.15, 0.2) is 11.6 Å². The number of aliphatic imine (C=N–C) groups is 1. The molecule has 1 heterocycles. The molecule has 1 atom stereocenters. The number of hydrogen-bond donors (Lipinski definition) is 1. The lowest BCUT2D eigenvalue weighted by Crippen LogP contribution is -2.31. The number of carbonyl (C=O) groups excluding carboxylic acids is 2. The number of para-hydroxylation sites is 2. The molecule has 0 saturated carbocycles. The number of nitrogens with zero attached hydrogens (tertiary/aromatic N) is 1. The second-order valence-electron chi connectivity index (χ2n) is 9.23. The molecule has 0 spiro atoms. The van der Waals surface area contributed by atoms with Crippen LogP contribution in [-0.2, 0) is 4.79 Å². The maximum absolute atomic E-state index is 12.9. The van der Waals surface area contributed by atoms with Gasteiger partial charge in [0.1, 0.15) is 0 Å². The molecule has 38 heavy (non-hydrogen) atoms. The van der Waals surface area contributed by atoms with Gasteiger partial charge in [0.2, 0.25) is 0 Å². The number of nitrogens with one attached hydrogen (secondary N) is 1. The highest BCUT2D eigenvalue weighted by atomic mass is 35.5. The lowest BCUT2D eigenvalue weighted by atomic mass is 9.79. The highest BCUT2D eigenvalue weighted by molar-refractivity contribution is 6.62. The van der Waals surface area contributed by atoms with Gasteiger partial charge < -0.3 is 5.32 Å². The van der Waals surface area contributed by atoms with Crippen LogP contribution in [0.25, 0.3) is 11.1 Å². The maximum Gasteiger partial charge on any atom is 0.182 e. The highest BCUT2D eigenvalue weighted by Gasteiger charge is 2.30. The fourth-order valence-corrected chi connectivity index (χ4v) is 5.43. The van der Waals surface area contributed by atoms with E-state index in [0.29, 0.717) is 10.8 Å². The summed E-state index contributed by atoms with van der Waals surface area (Å²) in [5.74, 6) is -0.511. The van der Waals surface area contributed by atoms with E-state index < -0.39 is 0 Å². The molecule has 0 saturated heterocycles. The van der Waals surface area contributed by atoms with E-state index in [4.69, 9.17) is 11.6 Å². The van der Waals surface area contributed by atoms with Crippen molar-refractivity contribution in [3.05, 3.63) is 141 Å². The largest absolute Gasteiger partial charge is 0.360 e. The standard InChI is InChI=1S/C24H15ClO2.C9H8N2/c25-24-18-11-10-17-16-9-5-4-8-15(16)12-19(14-6-2-1-3-7-14)22(17)23(18)20(26)13-21(24)27;1-2-5-9-8(4-1)10-6-3-7-11-9/h1-12,19H,13H2;1-7,10H. The Morgan fingerprint density at radius 2 is 1.50 bits per heavy atom. The average Bonchev–Trinajstić information content (AvgIpc) is 3.21. The minimum Gasteiger partial charge on any atom is -0.360 e. The molecule has 0 aromatic heterocycles. The molecule has 1 N–H and O–H groups in total. The van der Waals surface area contributed by atoms with Crippen molar-refractivity contribution >= 4 is 51.9 Å². The molecule has 1 aliphatic heterocycles. The van der Waals surface area contributed by atoms with Crippen LogP contribution >= 0.6 is 11.6 Å². The van der Waals surface area contributed by atoms with E-state index in [1.165, 1.54) is 0 Å². The van der Waals surface area contributed by atoms with Crippen molar-refractivity contribution in [1.29, 1.82) is 0 Å². The van der Waals surface area contributed by atoms with Crippen molar-refractivity contribution in [3.63, 3.8) is 0 Å². The quantitative estimate of drug-likeness (QED) is 0.330. The van der Waals surface area contributed by atoms with E-state index >= 15 is 0 Å². The fraction of sp³-hybridized carbons (Fsp3) is 0.0606. The van der Waals surface area contributed by atoms with Crippen LogP contribution < -0.4 is 15.8 Å². The van der Waals surface area contributed by atoms with Crippen LogP contribution in [0.15, 0.2) is 108 Å². The number of fused-ring (bicyclic) bond motifs is 5. The topological polar surface area (TPSA) is 58.5 Å². The van der Waals surface area contributed by atoms with Gasteiger partial charge in [-0.1, -0.05) is 96.5 Å². The van der Waals surface area contributed by atoms with Crippen LogP contribution in [-0.4, -0.2) is 17.8 Å². The zero-order valence-electron chi connectivity index (χ0n) is 20.4. The first-order valence-electron chi connectivity index (χ1n) is 12.4. The minimum absolute atomic E-state index is 0.0623. The van der Waals surface area contributed by atoms with Crippen molar-refractivity contribution < 1.29 is 9.59 Å². The van der Waals surface area contributed by atoms with Crippen LogP contribution in [0.4, 0.5) is 11.4 Å². The van der Waals surface area contributed by atoms with Crippen molar-refractivity contribution in [2.75, 3.05) is 5.32 Å². The van der Waals surface area contributed by atoms with Gasteiger partial charge >= 0.3 is 0 Å². The van der Waals surface area contributed by atoms with Gasteiger partial charge in [0.05, 0.1) is 22.8 Å². The summed E-state index contributed by atoms with van der Waals surface area (Å²) >= 11 is 6.30. The molecule has 0 bridgehead atoms. The van der Waals surface area contributed by atoms with Crippen LogP contribution in [0.3, 0.4) is 0 Å². The van der Waals surface area contributed by atoms with Gasteiger partial charge in [-0.2, -0.15) is 0 Å². The molecule has 7 rings (SSSR count). The second-order valence-corrected chi connectivity index (χ2v) is 9.61. The third-order valence-corrected chi connectivity index (χ3v) is 7.35. The second kappa shape index (κ2) is 10.1. The molecule has 3 aliphatic rings. The first-order valence-corrected chi connectivity index (χ1v) is 12.8. The van der Waals surface area contributed by atoms with Crippen LogP contribution in [0.1, 0.15) is 33.8 Å². The smallest absolute Gasteiger partial charge is 0.182 e. The molecule has 0 radical (unpaired) electrons. The number of anilines is 1. The van der Waals surface area contributed by atoms with E-state index in [2.05, 4.69) is 40.7 Å². The molecular weight excluding hydrogens is 492 g/mol. The first-order chi connectivity index (χ1) is 18.6. The Balaban J connectivity index is 0.000000200. The molecule has 4 aromatic carbocycles. The average molecular weight is 515 g/mol. The highest BCUT2D eigenvalue weighted by Crippen LogP contribution is 2.33. The summed E-state index contributed by atoms with van der Waals surface area (Å²) < 4.78 is 0. The third kappa shape index (κ3) is 4.29. The van der Waals surface area contributed by atoms with Gasteiger partial charge in [-0.15, -0.1) is 0 Å². The van der Waals surface area contributed by atoms with E-state index in [0.717, 1.165) is 38.2 Å². The molecule has 5 heteroatoms. The van der Waals surface area contributed by atoms with Crippen molar-refractivity contribution in [2.24, 2.45) is 4.99 Å². The SMILES string of the molecule is C1=CNc2ccccc2N=C1.O=C1CC(=O)c2c3c(ccc2=C1Cl)=c1ccccc1=CC3c1ccccc1. The summed E-state index contributed by atoms with van der Waals surface area (Å²) in [6.45, 7) is 0. The molecule has 4 nitrogen and oxygen atoms in total. The molecule has 0 amide bonds. The number of ketones is 2. The Morgan fingerprint density at radius 3 is 2.37 bits per heavy atom. The Bertz CT molecular complexity index is 1870. The molecular formula is C33H23ClN2O2. The van der Waals surface area contributed by atoms with Crippen LogP contribution in [0.5, 0.6) is 0 Å². The van der Waals surface area contributed by atoms with E-state index in [-0.39, 0.29) is 28.9 Å². The minimum atomic E-state index is -0.300. The van der Waals surface area contributed by atoms with Gasteiger partial charge in [0, 0.05) is 29.1 Å². The van der Waals surface area contributed by atoms with Gasteiger partial charge in [-0.25, -0.2) is 0 Å². The zero-order chi connectivity index (χ0) is 26.1. The molecule has 1 unspecified atom stereocenters. The Morgan fingerprint density at radius 1 is 0.763 bits per heavy atom. The summed E-state index contributed by atoms with van der Waals surface area (Å²) in [6.07, 6.45) is 7.56. The fourth-order valence-electron chi connectivity index (χ4n) is 5.21. The molecule has 0 fully saturated rings. The number of carbonyl (C=O) groups is 2. The first kappa shape index (κ1) is 23.8. The van der Waals surface area contributed by atoms with Crippen molar-refractivity contribution in [3.8, 4) is 0 Å². The van der Waals surface area contributed by atoms with Gasteiger partial charge in [0.25, 0.3) is 0 Å². The predicted octanol–water partition coefficient (Wildman–Crippen LogP) is 5.73. The monoisotopic (exact) mass is 514 g/mol. The Labute approximate surface area is 224 Å². The number of allylic oxidation sites excluding steroid dienone is 1. The number of halogens is 1.